The summed E-state index contributed by atoms with van der Waals surface area (Å²) in [5, 5.41) is 4.01. The molecule has 0 aliphatic heterocycles. The minimum Gasteiger partial charge on any atom is -0.469 e. The third kappa shape index (κ3) is 4.38. The first-order chi connectivity index (χ1) is 11.6. The first-order valence-electron chi connectivity index (χ1n) is 7.79. The zero-order chi connectivity index (χ0) is 17.5. The number of nitrogens with zero attached hydrogens (tertiary/aromatic N) is 3. The largest absolute Gasteiger partial charge is 0.469 e. The highest BCUT2D eigenvalue weighted by molar-refractivity contribution is 7.08. The molecule has 0 bridgehead atoms. The predicted molar refractivity (Wildman–Crippen MR) is 91.6 cm³/mol. The lowest BCUT2D eigenvalue weighted by Gasteiger charge is -2.25. The van der Waals surface area contributed by atoms with Crippen molar-refractivity contribution in [3.05, 3.63) is 46.5 Å². The summed E-state index contributed by atoms with van der Waals surface area (Å²) in [6.07, 6.45) is 0.642. The number of aryl methyl sites for hydroxylation is 1. The van der Waals surface area contributed by atoms with Gasteiger partial charge in [0.15, 0.2) is 0 Å². The molecule has 2 rings (SSSR count). The van der Waals surface area contributed by atoms with Gasteiger partial charge < -0.3 is 9.64 Å². The molecule has 2 aromatic rings. The molecule has 0 spiro atoms. The number of ether oxygens (including phenoxy) is 1. The number of aromatic nitrogens is 2. The van der Waals surface area contributed by atoms with Gasteiger partial charge >= 0.3 is 5.97 Å². The summed E-state index contributed by atoms with van der Waals surface area (Å²) in [5.41, 5.74) is 1.69. The zero-order valence-electron chi connectivity index (χ0n) is 14.1. The van der Waals surface area contributed by atoms with Crippen molar-refractivity contribution in [1.29, 1.82) is 0 Å². The lowest BCUT2D eigenvalue weighted by Crippen LogP contribution is -2.37. The average molecular weight is 347 g/mol. The fourth-order valence-electron chi connectivity index (χ4n) is 2.38. The molecule has 1 heterocycles. The minimum atomic E-state index is -0.409. The van der Waals surface area contributed by atoms with Crippen molar-refractivity contribution < 1.29 is 14.3 Å². The van der Waals surface area contributed by atoms with Crippen LogP contribution < -0.4 is 0 Å². The van der Waals surface area contributed by atoms with Crippen LogP contribution in [0.3, 0.4) is 0 Å². The van der Waals surface area contributed by atoms with Gasteiger partial charge in [-0.25, -0.2) is 0 Å². The molecule has 0 radical (unpaired) electrons. The number of amides is 1. The normalized spacial score (nSPS) is 11.8. The number of esters is 1. The molecule has 128 valence electrons. The summed E-state index contributed by atoms with van der Waals surface area (Å²) in [6, 6.07) is 9.68. The van der Waals surface area contributed by atoms with Crippen molar-refractivity contribution >= 4 is 23.4 Å². The monoisotopic (exact) mass is 347 g/mol. The highest BCUT2D eigenvalue weighted by Gasteiger charge is 2.26. The van der Waals surface area contributed by atoms with Gasteiger partial charge in [0, 0.05) is 13.1 Å². The molecular weight excluding hydrogens is 326 g/mol. The van der Waals surface area contributed by atoms with E-state index in [1.54, 1.807) is 11.8 Å². The highest BCUT2D eigenvalue weighted by Crippen LogP contribution is 2.18. The maximum atomic E-state index is 12.9. The number of carbonyl (C=O) groups excluding carboxylic acids is 2. The highest BCUT2D eigenvalue weighted by atomic mass is 32.1. The van der Waals surface area contributed by atoms with Crippen LogP contribution in [0.1, 0.15) is 34.8 Å². The zero-order valence-corrected chi connectivity index (χ0v) is 14.9. The Bertz CT molecular complexity index is 687. The molecule has 24 heavy (non-hydrogen) atoms. The second kappa shape index (κ2) is 8.54. The van der Waals surface area contributed by atoms with Gasteiger partial charge in [-0.15, -0.1) is 5.10 Å². The van der Waals surface area contributed by atoms with E-state index in [1.807, 2.05) is 37.3 Å². The van der Waals surface area contributed by atoms with Gasteiger partial charge in [-0.05, 0) is 23.5 Å². The van der Waals surface area contributed by atoms with Crippen molar-refractivity contribution in [2.45, 2.75) is 26.8 Å². The van der Waals surface area contributed by atoms with Gasteiger partial charge in [0.2, 0.25) is 0 Å². The van der Waals surface area contributed by atoms with Gasteiger partial charge in [0.05, 0.1) is 18.7 Å². The SMILES string of the molecule is CCc1nnsc1C(=O)N(Cc1ccccc1)C[C@H](C)C(=O)OC. The van der Waals surface area contributed by atoms with Crippen LogP contribution in [0.15, 0.2) is 30.3 Å². The molecule has 6 nitrogen and oxygen atoms in total. The van der Waals surface area contributed by atoms with Crippen LogP contribution in [-0.4, -0.2) is 40.0 Å². The van der Waals surface area contributed by atoms with E-state index in [9.17, 15) is 9.59 Å². The molecule has 0 unspecified atom stereocenters. The lowest BCUT2D eigenvalue weighted by atomic mass is 10.1. The Morgan fingerprint density at radius 3 is 2.62 bits per heavy atom. The molecule has 1 aromatic heterocycles. The van der Waals surface area contributed by atoms with Crippen molar-refractivity contribution in [3.8, 4) is 0 Å². The van der Waals surface area contributed by atoms with Crippen LogP contribution in [0.4, 0.5) is 0 Å². The van der Waals surface area contributed by atoms with E-state index < -0.39 is 5.92 Å². The van der Waals surface area contributed by atoms with Gasteiger partial charge in [0.1, 0.15) is 4.88 Å². The smallest absolute Gasteiger partial charge is 0.310 e. The Kier molecular flexibility index (Phi) is 6.43. The first kappa shape index (κ1) is 18.1. The molecule has 0 aliphatic rings. The van der Waals surface area contributed by atoms with Crippen molar-refractivity contribution in [3.63, 3.8) is 0 Å². The summed E-state index contributed by atoms with van der Waals surface area (Å²) in [7, 11) is 1.35. The average Bonchev–Trinajstić information content (AvgIpc) is 3.09. The molecule has 7 heteroatoms. The molecule has 0 saturated carbocycles. The number of carbonyl (C=O) groups is 2. The lowest BCUT2D eigenvalue weighted by molar-refractivity contribution is -0.145. The van der Waals surface area contributed by atoms with Crippen LogP contribution in [0, 0.1) is 5.92 Å². The van der Waals surface area contributed by atoms with Crippen molar-refractivity contribution in [2.24, 2.45) is 5.92 Å². The van der Waals surface area contributed by atoms with E-state index in [0.29, 0.717) is 23.5 Å². The van der Waals surface area contributed by atoms with Crippen LogP contribution in [0.2, 0.25) is 0 Å². The Morgan fingerprint density at radius 1 is 1.29 bits per heavy atom. The topological polar surface area (TPSA) is 72.4 Å². The third-order valence-corrected chi connectivity index (χ3v) is 4.44. The van der Waals surface area contributed by atoms with Crippen molar-refractivity contribution in [1.82, 2.24) is 14.5 Å². The summed E-state index contributed by atoms with van der Waals surface area (Å²) < 4.78 is 8.67. The number of hydrogen-bond acceptors (Lipinski definition) is 6. The molecule has 0 saturated heterocycles. The summed E-state index contributed by atoms with van der Waals surface area (Å²) >= 11 is 1.09. The van der Waals surface area contributed by atoms with Crippen LogP contribution in [0.5, 0.6) is 0 Å². The summed E-state index contributed by atoms with van der Waals surface area (Å²) in [4.78, 5) is 26.9. The number of hydrogen-bond donors (Lipinski definition) is 0. The van der Waals surface area contributed by atoms with Crippen LogP contribution in [0.25, 0.3) is 0 Å². The van der Waals surface area contributed by atoms with E-state index in [4.69, 9.17) is 4.74 Å². The van der Waals surface area contributed by atoms with E-state index in [1.165, 1.54) is 7.11 Å². The Hall–Kier alpha value is -2.28. The molecule has 0 fully saturated rings. The van der Waals surface area contributed by atoms with Crippen molar-refractivity contribution in [2.75, 3.05) is 13.7 Å². The number of rotatable bonds is 7. The van der Waals surface area contributed by atoms with Crippen LogP contribution >= 0.6 is 11.5 Å². The first-order valence-corrected chi connectivity index (χ1v) is 8.56. The molecule has 1 aromatic carbocycles. The van der Waals surface area contributed by atoms with Gasteiger partial charge in [0.25, 0.3) is 5.91 Å². The minimum absolute atomic E-state index is 0.151. The molecular formula is C17H21N3O3S. The number of benzene rings is 1. The van der Waals surface area contributed by atoms with E-state index >= 15 is 0 Å². The standard InChI is InChI=1S/C17H21N3O3S/c1-4-14-15(24-19-18-14)16(21)20(10-12(2)17(22)23-3)11-13-8-6-5-7-9-13/h5-9,12H,4,10-11H2,1-3H3/t12-/m0/s1. The molecule has 0 N–H and O–H groups in total. The van der Waals surface area contributed by atoms with Gasteiger partial charge in [-0.3, -0.25) is 9.59 Å². The Labute approximate surface area is 145 Å². The third-order valence-electron chi connectivity index (χ3n) is 3.69. The quantitative estimate of drug-likeness (QED) is 0.720. The summed E-state index contributed by atoms with van der Waals surface area (Å²) in [5.74, 6) is -0.894. The Morgan fingerprint density at radius 2 is 2.00 bits per heavy atom. The molecule has 0 aliphatic carbocycles. The van der Waals surface area contributed by atoms with Gasteiger partial charge in [-0.2, -0.15) is 0 Å². The fraction of sp³-hybridized carbons (Fsp3) is 0.412. The van der Waals surface area contributed by atoms with E-state index in [0.717, 1.165) is 17.1 Å². The fourth-order valence-corrected chi connectivity index (χ4v) is 3.09. The molecule has 1 atom stereocenters. The van der Waals surface area contributed by atoms with E-state index in [2.05, 4.69) is 9.59 Å². The maximum Gasteiger partial charge on any atom is 0.310 e. The Balaban J connectivity index is 2.24. The second-order valence-electron chi connectivity index (χ2n) is 5.50. The maximum absolute atomic E-state index is 12.9. The van der Waals surface area contributed by atoms with E-state index in [-0.39, 0.29) is 18.4 Å². The predicted octanol–water partition coefficient (Wildman–Crippen LogP) is 2.55. The summed E-state index contributed by atoms with van der Waals surface area (Å²) in [6.45, 7) is 4.39. The number of methoxy groups -OCH3 is 1. The van der Waals surface area contributed by atoms with Crippen LogP contribution in [-0.2, 0) is 22.5 Å². The van der Waals surface area contributed by atoms with Gasteiger partial charge in [-0.1, -0.05) is 48.7 Å². The second-order valence-corrected chi connectivity index (χ2v) is 6.25. The molecule has 1 amide bonds.